The van der Waals surface area contributed by atoms with Crippen LogP contribution in [0.15, 0.2) is 59.9 Å². The third-order valence-electron chi connectivity index (χ3n) is 7.15. The SMILES string of the molecule is C=C(CCNC(=O)CCCC)N1CCN(c2ccc3nc(-c4cc(F)c5nc(C)cn5c4)cc(=O)n3c2)CC1. The second-order valence-corrected chi connectivity index (χ2v) is 10.0. The first-order valence-electron chi connectivity index (χ1n) is 13.5. The Hall–Kier alpha value is -4.21. The molecule has 4 aromatic rings. The van der Waals surface area contributed by atoms with Crippen LogP contribution in [-0.4, -0.2) is 62.3 Å². The predicted molar refractivity (Wildman–Crippen MR) is 150 cm³/mol. The number of hydrogen-bond acceptors (Lipinski definition) is 6. The number of halogens is 1. The third kappa shape index (κ3) is 5.79. The summed E-state index contributed by atoms with van der Waals surface area (Å²) in [5.74, 6) is -0.361. The number of fused-ring (bicyclic) bond motifs is 2. The second kappa shape index (κ2) is 11.3. The molecule has 4 aromatic heterocycles. The van der Waals surface area contributed by atoms with Crippen molar-refractivity contribution in [1.82, 2.24) is 29.0 Å². The highest BCUT2D eigenvalue weighted by atomic mass is 19.1. The highest BCUT2D eigenvalue weighted by Crippen LogP contribution is 2.23. The van der Waals surface area contributed by atoms with E-state index >= 15 is 0 Å². The maximum atomic E-state index is 14.6. The molecule has 5 heterocycles. The van der Waals surface area contributed by atoms with Gasteiger partial charge >= 0.3 is 0 Å². The fraction of sp³-hybridized carbons (Fsp3) is 0.379. The van der Waals surface area contributed by atoms with Gasteiger partial charge in [-0.2, -0.15) is 0 Å². The number of hydrogen-bond donors (Lipinski definition) is 1. The molecule has 0 bridgehead atoms. The van der Waals surface area contributed by atoms with Crippen molar-refractivity contribution in [2.45, 2.75) is 39.5 Å². The van der Waals surface area contributed by atoms with Gasteiger partial charge < -0.3 is 19.5 Å². The molecule has 1 N–H and O–H groups in total. The summed E-state index contributed by atoms with van der Waals surface area (Å²) in [5, 5.41) is 2.97. The third-order valence-corrected chi connectivity index (χ3v) is 7.15. The fourth-order valence-corrected chi connectivity index (χ4v) is 4.96. The van der Waals surface area contributed by atoms with Crippen LogP contribution >= 0.6 is 0 Å². The van der Waals surface area contributed by atoms with Crippen molar-refractivity contribution < 1.29 is 9.18 Å². The summed E-state index contributed by atoms with van der Waals surface area (Å²) in [7, 11) is 0. The van der Waals surface area contributed by atoms with Gasteiger partial charge in [-0.05, 0) is 31.5 Å². The monoisotopic (exact) mass is 531 g/mol. The van der Waals surface area contributed by atoms with Gasteiger partial charge in [-0.1, -0.05) is 19.9 Å². The number of nitrogens with one attached hydrogen (secondary N) is 1. The summed E-state index contributed by atoms with van der Waals surface area (Å²) < 4.78 is 17.7. The molecule has 1 aliphatic heterocycles. The van der Waals surface area contributed by atoms with Crippen molar-refractivity contribution >= 4 is 22.9 Å². The average Bonchev–Trinajstić information content (AvgIpc) is 3.32. The van der Waals surface area contributed by atoms with Crippen molar-refractivity contribution in [3.63, 3.8) is 0 Å². The van der Waals surface area contributed by atoms with E-state index in [0.717, 1.165) is 56.8 Å². The Labute approximate surface area is 226 Å². The lowest BCUT2D eigenvalue weighted by Gasteiger charge is -2.38. The zero-order valence-electron chi connectivity index (χ0n) is 22.5. The van der Waals surface area contributed by atoms with Crippen molar-refractivity contribution in [2.75, 3.05) is 37.6 Å². The number of carbonyl (C=O) groups excluding carboxylic acids is 1. The van der Waals surface area contributed by atoms with E-state index in [1.54, 1.807) is 23.7 Å². The van der Waals surface area contributed by atoms with Crippen LogP contribution in [0.25, 0.3) is 22.6 Å². The number of anilines is 1. The fourth-order valence-electron chi connectivity index (χ4n) is 4.96. The highest BCUT2D eigenvalue weighted by molar-refractivity contribution is 5.75. The van der Waals surface area contributed by atoms with E-state index < -0.39 is 5.82 Å². The smallest absolute Gasteiger partial charge is 0.258 e. The molecule has 10 heteroatoms. The van der Waals surface area contributed by atoms with Crippen LogP contribution in [0.1, 0.15) is 38.3 Å². The van der Waals surface area contributed by atoms with Crippen LogP contribution in [0.5, 0.6) is 0 Å². The number of amides is 1. The summed E-state index contributed by atoms with van der Waals surface area (Å²) in [5.41, 5.74) is 4.11. The molecule has 204 valence electrons. The molecule has 5 rings (SSSR count). The van der Waals surface area contributed by atoms with Crippen LogP contribution < -0.4 is 15.8 Å². The number of carbonyl (C=O) groups is 1. The minimum absolute atomic E-state index is 0.101. The molecule has 1 aliphatic rings. The molecular formula is C29H34FN7O2. The molecular weight excluding hydrogens is 497 g/mol. The number of unbranched alkanes of at least 4 members (excludes halogenated alkanes) is 1. The molecule has 39 heavy (non-hydrogen) atoms. The van der Waals surface area contributed by atoms with Gasteiger partial charge in [0.05, 0.1) is 17.1 Å². The Morgan fingerprint density at radius 1 is 1.08 bits per heavy atom. The van der Waals surface area contributed by atoms with Crippen LogP contribution in [-0.2, 0) is 4.79 Å². The van der Waals surface area contributed by atoms with Crippen molar-refractivity contribution in [2.24, 2.45) is 0 Å². The number of rotatable bonds is 9. The summed E-state index contributed by atoms with van der Waals surface area (Å²) >= 11 is 0. The maximum Gasteiger partial charge on any atom is 0.258 e. The number of nitrogens with zero attached hydrogens (tertiary/aromatic N) is 6. The van der Waals surface area contributed by atoms with Crippen LogP contribution in [0, 0.1) is 12.7 Å². The second-order valence-electron chi connectivity index (χ2n) is 10.0. The summed E-state index contributed by atoms with van der Waals surface area (Å²) in [6.45, 7) is 11.9. The summed E-state index contributed by atoms with van der Waals surface area (Å²) in [6.07, 6.45) is 8.52. The largest absolute Gasteiger partial charge is 0.372 e. The molecule has 0 aliphatic carbocycles. The molecule has 0 unspecified atom stereocenters. The van der Waals surface area contributed by atoms with E-state index in [1.807, 2.05) is 18.3 Å². The zero-order chi connectivity index (χ0) is 27.5. The lowest BCUT2D eigenvalue weighted by Crippen LogP contribution is -2.46. The Bertz CT molecular complexity index is 1580. The molecule has 0 radical (unpaired) electrons. The molecule has 1 amide bonds. The Kier molecular flexibility index (Phi) is 7.63. The molecule has 0 atom stereocenters. The van der Waals surface area contributed by atoms with E-state index in [0.29, 0.717) is 35.6 Å². The van der Waals surface area contributed by atoms with Crippen molar-refractivity contribution in [1.29, 1.82) is 0 Å². The number of piperazine rings is 1. The van der Waals surface area contributed by atoms with Gasteiger partial charge in [-0.25, -0.2) is 14.4 Å². The number of aromatic nitrogens is 4. The van der Waals surface area contributed by atoms with Gasteiger partial charge in [-0.3, -0.25) is 14.0 Å². The van der Waals surface area contributed by atoms with Gasteiger partial charge in [0.25, 0.3) is 5.56 Å². The van der Waals surface area contributed by atoms with E-state index in [4.69, 9.17) is 0 Å². The molecule has 1 saturated heterocycles. The molecule has 1 fully saturated rings. The Balaban J connectivity index is 1.24. The van der Waals surface area contributed by atoms with Gasteiger partial charge in [0, 0.05) is 81.5 Å². The number of imidazole rings is 1. The van der Waals surface area contributed by atoms with E-state index in [1.165, 1.54) is 16.5 Å². The van der Waals surface area contributed by atoms with Gasteiger partial charge in [0.1, 0.15) is 5.65 Å². The van der Waals surface area contributed by atoms with E-state index in [2.05, 4.69) is 38.6 Å². The van der Waals surface area contributed by atoms with E-state index in [-0.39, 0.29) is 17.1 Å². The molecule has 0 saturated carbocycles. The molecule has 9 nitrogen and oxygen atoms in total. The number of pyridine rings is 2. The van der Waals surface area contributed by atoms with Crippen LogP contribution in [0.2, 0.25) is 0 Å². The Morgan fingerprint density at radius 2 is 1.87 bits per heavy atom. The predicted octanol–water partition coefficient (Wildman–Crippen LogP) is 3.79. The van der Waals surface area contributed by atoms with Crippen molar-refractivity contribution in [3.8, 4) is 11.3 Å². The van der Waals surface area contributed by atoms with Gasteiger partial charge in [0.15, 0.2) is 11.5 Å². The minimum Gasteiger partial charge on any atom is -0.372 e. The lowest BCUT2D eigenvalue weighted by atomic mass is 10.2. The minimum atomic E-state index is -0.462. The molecule has 0 aromatic carbocycles. The maximum absolute atomic E-state index is 14.6. The topological polar surface area (TPSA) is 87.2 Å². The number of aryl methyl sites for hydroxylation is 1. The van der Waals surface area contributed by atoms with Gasteiger partial charge in [0.2, 0.25) is 5.91 Å². The average molecular weight is 532 g/mol. The summed E-state index contributed by atoms with van der Waals surface area (Å²) in [6, 6.07) is 6.58. The highest BCUT2D eigenvalue weighted by Gasteiger charge is 2.19. The first-order chi connectivity index (χ1) is 18.8. The van der Waals surface area contributed by atoms with Gasteiger partial charge in [-0.15, -0.1) is 0 Å². The quantitative estimate of drug-likeness (QED) is 0.354. The lowest BCUT2D eigenvalue weighted by molar-refractivity contribution is -0.121. The van der Waals surface area contributed by atoms with Crippen LogP contribution in [0.3, 0.4) is 0 Å². The molecule has 0 spiro atoms. The first-order valence-corrected chi connectivity index (χ1v) is 13.5. The van der Waals surface area contributed by atoms with E-state index in [9.17, 15) is 14.0 Å². The normalized spacial score (nSPS) is 13.8. The van der Waals surface area contributed by atoms with Crippen molar-refractivity contribution in [3.05, 3.63) is 77.0 Å². The first kappa shape index (κ1) is 26.4. The van der Waals surface area contributed by atoms with Crippen LogP contribution in [0.4, 0.5) is 10.1 Å². The summed E-state index contributed by atoms with van der Waals surface area (Å²) in [4.78, 5) is 38.2. The Morgan fingerprint density at radius 3 is 2.64 bits per heavy atom. The standard InChI is InChI=1S/C29H34FN7O2/c1-4-5-6-27(38)31-10-9-21(3)34-11-13-35(14-12-34)23-7-8-26-33-25(16-28(39)37(26)19-23)22-15-24(30)29-32-20(2)17-36(29)18-22/h7-8,15-19H,3-6,9-14H2,1-2H3,(H,31,38). The zero-order valence-corrected chi connectivity index (χ0v) is 22.5.